The minimum atomic E-state index is 0.439. The Hall–Kier alpha value is -0.770. The number of aromatic nitrogens is 2. The van der Waals surface area contributed by atoms with Gasteiger partial charge in [-0.1, -0.05) is 11.6 Å². The number of likely N-dealkylation sites (tertiary alicyclic amines) is 1. The SMILES string of the molecule is CN1CCC(Cn2c(CCl)nc3ccc(Cl)cc32)C1. The molecule has 1 saturated heterocycles. The summed E-state index contributed by atoms with van der Waals surface area (Å²) in [7, 11) is 2.17. The van der Waals surface area contributed by atoms with Crippen LogP contribution in [0, 0.1) is 5.92 Å². The van der Waals surface area contributed by atoms with E-state index in [1.807, 2.05) is 18.2 Å². The number of fused-ring (bicyclic) bond motifs is 1. The molecule has 1 aromatic carbocycles. The maximum Gasteiger partial charge on any atom is 0.124 e. The van der Waals surface area contributed by atoms with Crippen LogP contribution < -0.4 is 0 Å². The number of rotatable bonds is 3. The summed E-state index contributed by atoms with van der Waals surface area (Å²) < 4.78 is 2.23. The van der Waals surface area contributed by atoms with Crippen molar-refractivity contribution in [2.24, 2.45) is 5.92 Å². The Morgan fingerprint density at radius 1 is 1.42 bits per heavy atom. The summed E-state index contributed by atoms with van der Waals surface area (Å²) in [5, 5.41) is 0.748. The van der Waals surface area contributed by atoms with Gasteiger partial charge in [-0.05, 0) is 44.1 Å². The Kier molecular flexibility index (Phi) is 3.70. The molecule has 0 N–H and O–H groups in total. The molecule has 1 atom stereocenters. The minimum absolute atomic E-state index is 0.439. The van der Waals surface area contributed by atoms with Gasteiger partial charge in [0.15, 0.2) is 0 Å². The predicted molar refractivity (Wildman–Crippen MR) is 79.9 cm³/mol. The molecule has 0 aliphatic carbocycles. The van der Waals surface area contributed by atoms with Gasteiger partial charge in [0.2, 0.25) is 0 Å². The molecular weight excluding hydrogens is 281 g/mol. The lowest BCUT2D eigenvalue weighted by atomic mass is 10.1. The molecule has 19 heavy (non-hydrogen) atoms. The third-order valence-electron chi connectivity index (χ3n) is 3.84. The molecule has 0 bridgehead atoms. The van der Waals surface area contributed by atoms with E-state index >= 15 is 0 Å². The molecule has 3 rings (SSSR count). The second-order valence-corrected chi connectivity index (χ2v) is 6.03. The fraction of sp³-hybridized carbons (Fsp3) is 0.500. The summed E-state index contributed by atoms with van der Waals surface area (Å²) in [6.45, 7) is 3.29. The number of hydrogen-bond acceptors (Lipinski definition) is 2. The number of benzene rings is 1. The topological polar surface area (TPSA) is 21.1 Å². The molecule has 1 aromatic heterocycles. The van der Waals surface area contributed by atoms with Gasteiger partial charge < -0.3 is 9.47 Å². The van der Waals surface area contributed by atoms with E-state index in [0.717, 1.165) is 35.0 Å². The van der Waals surface area contributed by atoms with Gasteiger partial charge in [0.1, 0.15) is 5.82 Å². The van der Waals surface area contributed by atoms with Crippen molar-refractivity contribution in [3.05, 3.63) is 29.0 Å². The average molecular weight is 298 g/mol. The summed E-state index contributed by atoms with van der Waals surface area (Å²) in [6, 6.07) is 5.83. The van der Waals surface area contributed by atoms with Crippen LogP contribution in [-0.4, -0.2) is 34.6 Å². The third-order valence-corrected chi connectivity index (χ3v) is 4.31. The van der Waals surface area contributed by atoms with Gasteiger partial charge in [0.25, 0.3) is 0 Å². The summed E-state index contributed by atoms with van der Waals surface area (Å²) in [4.78, 5) is 6.96. The van der Waals surface area contributed by atoms with Crippen molar-refractivity contribution in [2.75, 3.05) is 20.1 Å². The quantitative estimate of drug-likeness (QED) is 0.810. The highest BCUT2D eigenvalue weighted by Gasteiger charge is 2.22. The Bertz CT molecular complexity index is 594. The standard InChI is InChI=1S/C14H17Cl2N3/c1-18-5-4-10(8-18)9-19-13-6-11(16)2-3-12(13)17-14(19)7-15/h2-3,6,10H,4-5,7-9H2,1H3. The molecule has 5 heteroatoms. The molecule has 0 amide bonds. The van der Waals surface area contributed by atoms with E-state index in [2.05, 4.69) is 21.5 Å². The van der Waals surface area contributed by atoms with Gasteiger partial charge in [-0.15, -0.1) is 11.6 Å². The van der Waals surface area contributed by atoms with Crippen molar-refractivity contribution in [1.29, 1.82) is 0 Å². The molecule has 0 radical (unpaired) electrons. The smallest absolute Gasteiger partial charge is 0.124 e. The Morgan fingerprint density at radius 3 is 2.95 bits per heavy atom. The van der Waals surface area contributed by atoms with Crippen molar-refractivity contribution in [2.45, 2.75) is 18.8 Å². The van der Waals surface area contributed by atoms with Crippen LogP contribution in [-0.2, 0) is 12.4 Å². The normalized spacial score (nSPS) is 20.5. The summed E-state index contributed by atoms with van der Waals surface area (Å²) in [5.74, 6) is 2.05. The van der Waals surface area contributed by atoms with Crippen LogP contribution in [0.1, 0.15) is 12.2 Å². The molecule has 1 unspecified atom stereocenters. The highest BCUT2D eigenvalue weighted by Crippen LogP contribution is 2.25. The molecule has 0 saturated carbocycles. The van der Waals surface area contributed by atoms with Crippen LogP contribution >= 0.6 is 23.2 Å². The molecular formula is C14H17Cl2N3. The largest absolute Gasteiger partial charge is 0.327 e. The molecule has 2 aromatic rings. The number of nitrogens with zero attached hydrogens (tertiary/aromatic N) is 3. The maximum atomic E-state index is 6.10. The first-order valence-electron chi connectivity index (χ1n) is 6.56. The fourth-order valence-corrected chi connectivity index (χ4v) is 3.26. The van der Waals surface area contributed by atoms with Crippen LogP contribution in [0.4, 0.5) is 0 Å². The van der Waals surface area contributed by atoms with Gasteiger partial charge in [-0.25, -0.2) is 4.98 Å². The van der Waals surface area contributed by atoms with E-state index in [9.17, 15) is 0 Å². The van der Waals surface area contributed by atoms with Crippen LogP contribution in [0.25, 0.3) is 11.0 Å². The molecule has 2 heterocycles. The maximum absolute atomic E-state index is 6.10. The van der Waals surface area contributed by atoms with E-state index < -0.39 is 0 Å². The van der Waals surface area contributed by atoms with Gasteiger partial charge >= 0.3 is 0 Å². The van der Waals surface area contributed by atoms with E-state index in [1.54, 1.807) is 0 Å². The Balaban J connectivity index is 1.98. The highest BCUT2D eigenvalue weighted by molar-refractivity contribution is 6.31. The lowest BCUT2D eigenvalue weighted by Gasteiger charge is -2.14. The zero-order valence-corrected chi connectivity index (χ0v) is 12.5. The van der Waals surface area contributed by atoms with Crippen molar-refractivity contribution >= 4 is 34.2 Å². The van der Waals surface area contributed by atoms with Crippen molar-refractivity contribution in [1.82, 2.24) is 14.5 Å². The third kappa shape index (κ3) is 2.60. The van der Waals surface area contributed by atoms with E-state index in [-0.39, 0.29) is 0 Å². The zero-order chi connectivity index (χ0) is 13.4. The summed E-state index contributed by atoms with van der Waals surface area (Å²) >= 11 is 12.1. The van der Waals surface area contributed by atoms with Gasteiger partial charge in [0, 0.05) is 18.1 Å². The lowest BCUT2D eigenvalue weighted by Crippen LogP contribution is -2.18. The van der Waals surface area contributed by atoms with Crippen LogP contribution in [0.15, 0.2) is 18.2 Å². The molecule has 0 spiro atoms. The van der Waals surface area contributed by atoms with Crippen LogP contribution in [0.3, 0.4) is 0 Å². The number of hydrogen-bond donors (Lipinski definition) is 0. The Morgan fingerprint density at radius 2 is 2.26 bits per heavy atom. The second-order valence-electron chi connectivity index (χ2n) is 5.32. The minimum Gasteiger partial charge on any atom is -0.327 e. The first kappa shape index (κ1) is 13.2. The van der Waals surface area contributed by atoms with Crippen LogP contribution in [0.2, 0.25) is 5.02 Å². The van der Waals surface area contributed by atoms with Gasteiger partial charge in [0.05, 0.1) is 16.9 Å². The van der Waals surface area contributed by atoms with Crippen molar-refractivity contribution in [3.63, 3.8) is 0 Å². The van der Waals surface area contributed by atoms with E-state index in [1.165, 1.54) is 13.0 Å². The summed E-state index contributed by atoms with van der Waals surface area (Å²) in [6.07, 6.45) is 1.23. The van der Waals surface area contributed by atoms with Crippen molar-refractivity contribution in [3.8, 4) is 0 Å². The zero-order valence-electron chi connectivity index (χ0n) is 10.9. The van der Waals surface area contributed by atoms with E-state index in [4.69, 9.17) is 23.2 Å². The van der Waals surface area contributed by atoms with Crippen LogP contribution in [0.5, 0.6) is 0 Å². The van der Waals surface area contributed by atoms with Crippen molar-refractivity contribution < 1.29 is 0 Å². The fourth-order valence-electron chi connectivity index (χ4n) is 2.89. The molecule has 1 aliphatic rings. The summed E-state index contributed by atoms with van der Waals surface area (Å²) in [5.41, 5.74) is 2.07. The monoisotopic (exact) mass is 297 g/mol. The first-order valence-corrected chi connectivity index (χ1v) is 7.48. The number of halogens is 2. The molecule has 1 aliphatic heterocycles. The first-order chi connectivity index (χ1) is 9.17. The number of imidazole rings is 1. The molecule has 3 nitrogen and oxygen atoms in total. The van der Waals surface area contributed by atoms with Gasteiger partial charge in [-0.3, -0.25) is 0 Å². The lowest BCUT2D eigenvalue weighted by molar-refractivity contribution is 0.378. The van der Waals surface area contributed by atoms with E-state index in [0.29, 0.717) is 11.8 Å². The molecule has 102 valence electrons. The number of alkyl halides is 1. The average Bonchev–Trinajstić information content (AvgIpc) is 2.94. The second kappa shape index (κ2) is 5.31. The predicted octanol–water partition coefficient (Wildman–Crippen LogP) is 3.38. The Labute approximate surface area is 123 Å². The molecule has 1 fully saturated rings. The van der Waals surface area contributed by atoms with Gasteiger partial charge in [-0.2, -0.15) is 0 Å². The highest BCUT2D eigenvalue weighted by atomic mass is 35.5.